The van der Waals surface area contributed by atoms with Crippen molar-refractivity contribution in [3.8, 4) is 23.0 Å². The van der Waals surface area contributed by atoms with Crippen LogP contribution in [0.15, 0.2) is 89.9 Å². The number of nitrogens with zero attached hydrogens (tertiary/aromatic N) is 3. The number of aliphatic imine (C=N–C) groups is 1. The molecule has 0 spiro atoms. The van der Waals surface area contributed by atoms with E-state index in [0.29, 0.717) is 64.2 Å². The van der Waals surface area contributed by atoms with Crippen molar-refractivity contribution < 1.29 is 28.5 Å². The SMILES string of the molecule is COc1cc2c(cc1OCc1cc(N)cc(COc3cc4c(cc3OC)C(=O)N3c5ccc(C)cc5C[C@H]3CN4)c1)N=C[C@@H]1Cc3ccccc3N1C2=O. The van der Waals surface area contributed by atoms with E-state index in [0.717, 1.165) is 34.5 Å². The fraction of sp³-hybridized carbons (Fsp3) is 0.233. The van der Waals surface area contributed by atoms with Crippen LogP contribution in [0, 0.1) is 6.92 Å². The lowest BCUT2D eigenvalue weighted by Crippen LogP contribution is -2.39. The molecule has 4 heterocycles. The van der Waals surface area contributed by atoms with Crippen LogP contribution in [0.2, 0.25) is 0 Å². The van der Waals surface area contributed by atoms with Crippen LogP contribution in [0.1, 0.15) is 48.5 Å². The third-order valence-electron chi connectivity index (χ3n) is 10.6. The van der Waals surface area contributed by atoms with E-state index < -0.39 is 0 Å². The van der Waals surface area contributed by atoms with Gasteiger partial charge in [0.2, 0.25) is 0 Å². The highest BCUT2D eigenvalue weighted by Crippen LogP contribution is 2.43. The maximum Gasteiger partial charge on any atom is 0.261 e. The summed E-state index contributed by atoms with van der Waals surface area (Å²) in [6, 6.07) is 26.7. The Morgan fingerprint density at radius 3 is 2.19 bits per heavy atom. The monoisotopic (exact) mass is 721 g/mol. The molecule has 0 saturated heterocycles. The van der Waals surface area contributed by atoms with E-state index in [1.54, 1.807) is 37.3 Å². The number of fused-ring (bicyclic) bond motifs is 8. The third kappa shape index (κ3) is 5.72. The average Bonchev–Trinajstić information content (AvgIpc) is 3.66. The lowest BCUT2D eigenvalue weighted by Gasteiger charge is -2.23. The Balaban J connectivity index is 0.917. The molecule has 11 heteroatoms. The number of benzene rings is 5. The number of rotatable bonds is 8. The second-order valence-electron chi connectivity index (χ2n) is 14.1. The number of carbonyl (C=O) groups excluding carboxylic acids is 2. The smallest absolute Gasteiger partial charge is 0.261 e. The third-order valence-corrected chi connectivity index (χ3v) is 10.6. The van der Waals surface area contributed by atoms with E-state index in [-0.39, 0.29) is 37.1 Å². The molecule has 4 aliphatic heterocycles. The van der Waals surface area contributed by atoms with Gasteiger partial charge in [0.1, 0.15) is 13.2 Å². The maximum atomic E-state index is 13.9. The fourth-order valence-corrected chi connectivity index (χ4v) is 8.08. The molecule has 4 aliphatic rings. The van der Waals surface area contributed by atoms with Crippen LogP contribution in [0.3, 0.4) is 0 Å². The van der Waals surface area contributed by atoms with Gasteiger partial charge in [-0.2, -0.15) is 0 Å². The van der Waals surface area contributed by atoms with Gasteiger partial charge in [-0.3, -0.25) is 19.5 Å². The standard InChI is InChI=1S/C43H39N5O6/c1-24-8-9-37-28(10-24)15-31-21-46-35-19-41(39(52-3)17-33(35)43(50)48(31)37)54-23-26-11-25(12-29(44)13-26)22-53-40-18-34-32(16-38(40)51-2)42(49)47-30(20-45-34)14-27-6-4-5-7-36(27)47/h4-13,16-20,30-31,46H,14-15,21-23,44H2,1-3H3/t30-,31-/m0/s1. The number of hydrogen-bond acceptors (Lipinski definition) is 9. The van der Waals surface area contributed by atoms with Gasteiger partial charge in [0.25, 0.3) is 11.8 Å². The van der Waals surface area contributed by atoms with Crippen LogP contribution in [-0.2, 0) is 26.1 Å². The molecule has 0 bridgehead atoms. The number of carbonyl (C=O) groups is 2. The van der Waals surface area contributed by atoms with Gasteiger partial charge < -0.3 is 34.9 Å². The van der Waals surface area contributed by atoms with Gasteiger partial charge in [0.15, 0.2) is 23.0 Å². The molecule has 0 aromatic heterocycles. The molecule has 9 rings (SSSR count). The highest BCUT2D eigenvalue weighted by molar-refractivity contribution is 6.15. The quantitative estimate of drug-likeness (QED) is 0.164. The number of methoxy groups -OCH3 is 2. The molecule has 0 aliphatic carbocycles. The maximum absolute atomic E-state index is 13.9. The number of amides is 2. The Morgan fingerprint density at radius 2 is 1.43 bits per heavy atom. The molecule has 0 fully saturated rings. The van der Waals surface area contributed by atoms with Crippen molar-refractivity contribution in [3.05, 3.63) is 124 Å². The summed E-state index contributed by atoms with van der Waals surface area (Å²) in [5.74, 6) is 1.65. The zero-order chi connectivity index (χ0) is 37.1. The molecule has 11 nitrogen and oxygen atoms in total. The van der Waals surface area contributed by atoms with E-state index in [2.05, 4.69) is 18.3 Å². The van der Waals surface area contributed by atoms with Crippen LogP contribution in [0.4, 0.5) is 28.4 Å². The first-order chi connectivity index (χ1) is 26.3. The first kappa shape index (κ1) is 33.4. The van der Waals surface area contributed by atoms with Crippen molar-refractivity contribution in [2.24, 2.45) is 4.99 Å². The highest BCUT2D eigenvalue weighted by Gasteiger charge is 2.39. The molecule has 54 heavy (non-hydrogen) atoms. The molecule has 0 radical (unpaired) electrons. The molecule has 3 N–H and O–H groups in total. The van der Waals surface area contributed by atoms with Gasteiger partial charge >= 0.3 is 0 Å². The molecule has 272 valence electrons. The molecule has 0 unspecified atom stereocenters. The Hall–Kier alpha value is -6.49. The Morgan fingerprint density at radius 1 is 0.741 bits per heavy atom. The topological polar surface area (TPSA) is 128 Å². The van der Waals surface area contributed by atoms with Crippen molar-refractivity contribution >= 4 is 46.5 Å². The van der Waals surface area contributed by atoms with Gasteiger partial charge in [-0.15, -0.1) is 0 Å². The van der Waals surface area contributed by atoms with Crippen LogP contribution in [0.25, 0.3) is 0 Å². The number of para-hydroxylation sites is 1. The van der Waals surface area contributed by atoms with E-state index >= 15 is 0 Å². The molecule has 5 aromatic carbocycles. The summed E-state index contributed by atoms with van der Waals surface area (Å²) in [7, 11) is 3.12. The number of aryl methyl sites for hydroxylation is 1. The molecule has 2 amide bonds. The van der Waals surface area contributed by atoms with Crippen LogP contribution in [0.5, 0.6) is 23.0 Å². The number of nitrogens with one attached hydrogen (secondary N) is 1. The summed E-state index contributed by atoms with van der Waals surface area (Å²) in [5.41, 5.74) is 16.1. The lowest BCUT2D eigenvalue weighted by atomic mass is 10.1. The molecular weight excluding hydrogens is 683 g/mol. The Kier molecular flexibility index (Phi) is 8.14. The molecular formula is C43H39N5O6. The predicted octanol–water partition coefficient (Wildman–Crippen LogP) is 7.04. The van der Waals surface area contributed by atoms with Crippen molar-refractivity contribution in [2.45, 2.75) is 45.1 Å². The Labute approximate surface area is 312 Å². The van der Waals surface area contributed by atoms with Crippen molar-refractivity contribution in [3.63, 3.8) is 0 Å². The minimum absolute atomic E-state index is 0.0156. The van der Waals surface area contributed by atoms with Crippen LogP contribution < -0.4 is 39.8 Å². The van der Waals surface area contributed by atoms with Gasteiger partial charge in [-0.05, 0) is 78.1 Å². The van der Waals surface area contributed by atoms with E-state index in [4.69, 9.17) is 29.7 Å². The lowest BCUT2D eigenvalue weighted by molar-refractivity contribution is 0.0976. The predicted molar refractivity (Wildman–Crippen MR) is 208 cm³/mol. The number of anilines is 4. The first-order valence-corrected chi connectivity index (χ1v) is 18.0. The van der Waals surface area contributed by atoms with Gasteiger partial charge in [-0.1, -0.05) is 35.9 Å². The second-order valence-corrected chi connectivity index (χ2v) is 14.1. The number of nitrogens with two attached hydrogens (primary N) is 1. The number of ether oxygens (including phenoxy) is 4. The van der Waals surface area contributed by atoms with Gasteiger partial charge in [-0.25, -0.2) is 0 Å². The van der Waals surface area contributed by atoms with Crippen molar-refractivity contribution in [2.75, 3.05) is 41.6 Å². The van der Waals surface area contributed by atoms with Crippen LogP contribution in [-0.4, -0.2) is 50.9 Å². The fourth-order valence-electron chi connectivity index (χ4n) is 8.08. The Bertz CT molecular complexity index is 2390. The first-order valence-electron chi connectivity index (χ1n) is 18.0. The summed E-state index contributed by atoms with van der Waals surface area (Å²) in [4.78, 5) is 36.1. The average molecular weight is 722 g/mol. The van der Waals surface area contributed by atoms with Gasteiger partial charge in [0, 0.05) is 48.4 Å². The zero-order valence-electron chi connectivity index (χ0n) is 30.2. The summed E-state index contributed by atoms with van der Waals surface area (Å²) in [6.45, 7) is 3.06. The second kappa shape index (κ2) is 13.2. The van der Waals surface area contributed by atoms with Gasteiger partial charge in [0.05, 0.1) is 48.8 Å². The number of nitrogen functional groups attached to an aromatic ring is 1. The normalized spacial score (nSPS) is 17.6. The summed E-state index contributed by atoms with van der Waals surface area (Å²) < 4.78 is 24.0. The minimum atomic E-state index is -0.157. The zero-order valence-corrected chi connectivity index (χ0v) is 30.2. The van der Waals surface area contributed by atoms with Crippen molar-refractivity contribution in [1.82, 2.24) is 0 Å². The summed E-state index contributed by atoms with van der Waals surface area (Å²) in [5, 5.41) is 3.49. The van der Waals surface area contributed by atoms with Crippen LogP contribution >= 0.6 is 0 Å². The summed E-state index contributed by atoms with van der Waals surface area (Å²) in [6.07, 6.45) is 3.35. The summed E-state index contributed by atoms with van der Waals surface area (Å²) >= 11 is 0. The van der Waals surface area contributed by atoms with E-state index in [1.165, 1.54) is 11.1 Å². The van der Waals surface area contributed by atoms with E-state index in [9.17, 15) is 9.59 Å². The molecule has 0 saturated carbocycles. The highest BCUT2D eigenvalue weighted by atomic mass is 16.5. The molecule has 5 aromatic rings. The molecule has 2 atom stereocenters. The van der Waals surface area contributed by atoms with Crippen molar-refractivity contribution in [1.29, 1.82) is 0 Å². The van der Waals surface area contributed by atoms with E-state index in [1.807, 2.05) is 71.8 Å². The minimum Gasteiger partial charge on any atom is -0.493 e. The number of hydrogen-bond donors (Lipinski definition) is 2. The largest absolute Gasteiger partial charge is 0.493 e.